The number of thiocarbonyl (C=S) groups is 1. The van der Waals surface area contributed by atoms with Gasteiger partial charge in [0.15, 0.2) is 0 Å². The zero-order valence-electron chi connectivity index (χ0n) is 12.6. The molecule has 1 aliphatic rings. The van der Waals surface area contributed by atoms with E-state index in [4.69, 9.17) is 12.2 Å². The summed E-state index contributed by atoms with van der Waals surface area (Å²) >= 11 is 6.88. The number of amides is 1. The lowest BCUT2D eigenvalue weighted by Crippen LogP contribution is -2.34. The fraction of sp³-hybridized carbons (Fsp3) is 0.222. The van der Waals surface area contributed by atoms with Gasteiger partial charge in [-0.15, -0.1) is 0 Å². The van der Waals surface area contributed by atoms with Crippen LogP contribution in [0.1, 0.15) is 28.3 Å². The highest BCUT2D eigenvalue weighted by Gasteiger charge is 2.35. The number of nitrogens with zero attached hydrogens (tertiary/aromatic N) is 1. The summed E-state index contributed by atoms with van der Waals surface area (Å²) in [6.45, 7) is 4.17. The van der Waals surface area contributed by atoms with E-state index in [1.165, 1.54) is 22.9 Å². The number of rotatable bonds is 3. The molecule has 112 valence electrons. The minimum atomic E-state index is -0.142. The molecule has 1 heterocycles. The Morgan fingerprint density at radius 3 is 2.45 bits per heavy atom. The van der Waals surface area contributed by atoms with Gasteiger partial charge in [0.1, 0.15) is 4.32 Å². The van der Waals surface area contributed by atoms with Gasteiger partial charge < -0.3 is 0 Å². The number of carbonyl (C=O) groups excluding carboxylic acids is 1. The molecular formula is C18H17NOS2. The molecule has 1 aliphatic heterocycles. The van der Waals surface area contributed by atoms with E-state index in [0.717, 1.165) is 11.1 Å². The summed E-state index contributed by atoms with van der Waals surface area (Å²) in [7, 11) is 0. The van der Waals surface area contributed by atoms with Crippen LogP contribution in [-0.4, -0.2) is 20.9 Å². The number of hydrogen-bond acceptors (Lipinski definition) is 3. The van der Waals surface area contributed by atoms with Gasteiger partial charge in [0.25, 0.3) is 0 Å². The smallest absolute Gasteiger partial charge is 0.239 e. The van der Waals surface area contributed by atoms with Crippen LogP contribution in [0.2, 0.25) is 0 Å². The molecule has 0 aliphatic carbocycles. The van der Waals surface area contributed by atoms with E-state index in [1.54, 1.807) is 4.90 Å². The zero-order chi connectivity index (χ0) is 15.7. The number of benzene rings is 2. The first-order valence-corrected chi connectivity index (χ1v) is 8.58. The van der Waals surface area contributed by atoms with Crippen molar-refractivity contribution in [3.05, 3.63) is 70.8 Å². The number of carbonyl (C=O) groups is 1. The first-order chi connectivity index (χ1) is 10.6. The molecule has 22 heavy (non-hydrogen) atoms. The Morgan fingerprint density at radius 1 is 1.14 bits per heavy atom. The first-order valence-electron chi connectivity index (χ1n) is 7.19. The molecule has 0 bridgehead atoms. The van der Waals surface area contributed by atoms with Crippen LogP contribution in [0.25, 0.3) is 0 Å². The second-order valence-electron chi connectivity index (χ2n) is 5.49. The fourth-order valence-corrected chi connectivity index (χ4v) is 3.97. The van der Waals surface area contributed by atoms with E-state index in [2.05, 4.69) is 44.2 Å². The molecular weight excluding hydrogens is 310 g/mol. The lowest BCUT2D eigenvalue weighted by molar-refractivity contribution is -0.125. The molecule has 0 spiro atoms. The van der Waals surface area contributed by atoms with E-state index in [0.29, 0.717) is 10.1 Å². The first kappa shape index (κ1) is 15.3. The third-order valence-electron chi connectivity index (χ3n) is 3.88. The predicted octanol–water partition coefficient (Wildman–Crippen LogP) is 4.25. The molecule has 1 atom stereocenters. The van der Waals surface area contributed by atoms with E-state index < -0.39 is 0 Å². The van der Waals surface area contributed by atoms with Crippen LogP contribution in [-0.2, 0) is 4.79 Å². The Balaban J connectivity index is 2.15. The normalized spacial score (nSPS) is 16.2. The van der Waals surface area contributed by atoms with Gasteiger partial charge in [-0.05, 0) is 30.5 Å². The minimum absolute atomic E-state index is 0.0869. The van der Waals surface area contributed by atoms with Crippen molar-refractivity contribution in [1.29, 1.82) is 0 Å². The fourth-order valence-electron chi connectivity index (χ4n) is 2.85. The highest BCUT2D eigenvalue weighted by atomic mass is 32.2. The van der Waals surface area contributed by atoms with Crippen molar-refractivity contribution in [2.45, 2.75) is 19.9 Å². The second-order valence-corrected chi connectivity index (χ2v) is 7.10. The zero-order valence-corrected chi connectivity index (χ0v) is 14.2. The summed E-state index contributed by atoms with van der Waals surface area (Å²) in [4.78, 5) is 14.1. The largest absolute Gasteiger partial charge is 0.285 e. The van der Waals surface area contributed by atoms with Gasteiger partial charge in [-0.25, -0.2) is 0 Å². The Bertz CT molecular complexity index is 711. The van der Waals surface area contributed by atoms with Gasteiger partial charge in [0.2, 0.25) is 5.91 Å². The third kappa shape index (κ3) is 2.81. The second kappa shape index (κ2) is 6.23. The van der Waals surface area contributed by atoms with Crippen LogP contribution in [0, 0.1) is 13.8 Å². The minimum Gasteiger partial charge on any atom is -0.285 e. The van der Waals surface area contributed by atoms with Crippen molar-refractivity contribution >= 4 is 34.2 Å². The van der Waals surface area contributed by atoms with Gasteiger partial charge in [0, 0.05) is 0 Å². The summed E-state index contributed by atoms with van der Waals surface area (Å²) < 4.78 is 0.666. The quantitative estimate of drug-likeness (QED) is 0.786. The van der Waals surface area contributed by atoms with Crippen LogP contribution in [0.4, 0.5) is 0 Å². The Morgan fingerprint density at radius 2 is 1.86 bits per heavy atom. The molecule has 1 amide bonds. The van der Waals surface area contributed by atoms with E-state index >= 15 is 0 Å². The molecule has 2 nitrogen and oxygen atoms in total. The van der Waals surface area contributed by atoms with Gasteiger partial charge in [-0.2, -0.15) is 0 Å². The maximum Gasteiger partial charge on any atom is 0.239 e. The molecule has 2 aromatic rings. The lowest BCUT2D eigenvalue weighted by Gasteiger charge is -2.29. The average molecular weight is 327 g/mol. The van der Waals surface area contributed by atoms with Gasteiger partial charge in [0.05, 0.1) is 11.8 Å². The molecule has 0 radical (unpaired) electrons. The summed E-state index contributed by atoms with van der Waals surface area (Å²) in [5.41, 5.74) is 4.63. The Hall–Kier alpha value is -1.65. The van der Waals surface area contributed by atoms with Crippen molar-refractivity contribution in [2.24, 2.45) is 0 Å². The van der Waals surface area contributed by atoms with Crippen molar-refractivity contribution in [3.63, 3.8) is 0 Å². The van der Waals surface area contributed by atoms with Crippen molar-refractivity contribution in [3.8, 4) is 0 Å². The highest BCUT2D eigenvalue weighted by molar-refractivity contribution is 8.23. The van der Waals surface area contributed by atoms with Crippen LogP contribution >= 0.6 is 24.0 Å². The molecule has 3 rings (SSSR count). The molecule has 1 fully saturated rings. The monoisotopic (exact) mass is 327 g/mol. The Labute approximate surface area is 140 Å². The van der Waals surface area contributed by atoms with Gasteiger partial charge >= 0.3 is 0 Å². The van der Waals surface area contributed by atoms with Crippen LogP contribution in [0.3, 0.4) is 0 Å². The SMILES string of the molecule is Cc1ccc(C(c2ccccc2)N2C(=O)CSC2=S)c(C)c1. The molecule has 2 aromatic carbocycles. The summed E-state index contributed by atoms with van der Waals surface area (Å²) in [5, 5.41) is 0. The molecule has 0 saturated carbocycles. The lowest BCUT2D eigenvalue weighted by atomic mass is 9.93. The number of aryl methyl sites for hydroxylation is 2. The molecule has 4 heteroatoms. The maximum absolute atomic E-state index is 12.4. The summed E-state index contributed by atoms with van der Waals surface area (Å²) in [6, 6.07) is 16.3. The Kier molecular flexibility index (Phi) is 4.32. The summed E-state index contributed by atoms with van der Waals surface area (Å²) in [6.07, 6.45) is 0. The maximum atomic E-state index is 12.4. The highest BCUT2D eigenvalue weighted by Crippen LogP contribution is 2.36. The summed E-state index contributed by atoms with van der Waals surface area (Å²) in [5.74, 6) is 0.524. The van der Waals surface area contributed by atoms with E-state index in [-0.39, 0.29) is 11.9 Å². The molecule has 1 saturated heterocycles. The predicted molar refractivity (Wildman–Crippen MR) is 96.1 cm³/mol. The van der Waals surface area contributed by atoms with E-state index in [9.17, 15) is 4.79 Å². The molecule has 1 unspecified atom stereocenters. The molecule has 0 aromatic heterocycles. The van der Waals surface area contributed by atoms with Gasteiger partial charge in [-0.1, -0.05) is 78.1 Å². The topological polar surface area (TPSA) is 20.3 Å². The third-order valence-corrected chi connectivity index (χ3v) is 5.26. The van der Waals surface area contributed by atoms with Crippen LogP contribution in [0.15, 0.2) is 48.5 Å². The van der Waals surface area contributed by atoms with E-state index in [1.807, 2.05) is 18.2 Å². The van der Waals surface area contributed by atoms with Crippen molar-refractivity contribution in [1.82, 2.24) is 4.90 Å². The van der Waals surface area contributed by atoms with Crippen molar-refractivity contribution in [2.75, 3.05) is 5.75 Å². The number of thioether (sulfide) groups is 1. The van der Waals surface area contributed by atoms with Gasteiger partial charge in [-0.3, -0.25) is 9.69 Å². The average Bonchev–Trinajstić information content (AvgIpc) is 2.83. The van der Waals surface area contributed by atoms with Crippen LogP contribution in [0.5, 0.6) is 0 Å². The standard InChI is InChI=1S/C18H17NOS2/c1-12-8-9-15(13(2)10-12)17(14-6-4-3-5-7-14)19-16(20)11-22-18(19)21/h3-10,17H,11H2,1-2H3. The van der Waals surface area contributed by atoms with Crippen LogP contribution < -0.4 is 0 Å². The van der Waals surface area contributed by atoms with Crippen molar-refractivity contribution < 1.29 is 4.79 Å². The number of hydrogen-bond donors (Lipinski definition) is 0. The molecule has 0 N–H and O–H groups in total.